The summed E-state index contributed by atoms with van der Waals surface area (Å²) in [6, 6.07) is 12.3. The van der Waals surface area contributed by atoms with Gasteiger partial charge in [0.25, 0.3) is 5.91 Å². The van der Waals surface area contributed by atoms with Gasteiger partial charge in [-0.2, -0.15) is 4.68 Å². The van der Waals surface area contributed by atoms with Gasteiger partial charge in [-0.1, -0.05) is 28.2 Å². The largest absolute Gasteiger partial charge is 0.322 e. The van der Waals surface area contributed by atoms with Crippen molar-refractivity contribution in [1.82, 2.24) is 29.8 Å². The van der Waals surface area contributed by atoms with Crippen LogP contribution in [-0.2, 0) is 0 Å². The first-order valence-electron chi connectivity index (χ1n) is 7.42. The molecule has 2 heterocycles. The van der Waals surface area contributed by atoms with E-state index < -0.39 is 0 Å². The highest BCUT2D eigenvalue weighted by Gasteiger charge is 2.15. The van der Waals surface area contributed by atoms with Gasteiger partial charge >= 0.3 is 0 Å². The van der Waals surface area contributed by atoms with E-state index in [4.69, 9.17) is 11.6 Å². The number of carbonyl (C=O) groups is 1. The Balaban J connectivity index is 1.60. The number of carbonyl (C=O) groups excluding carboxylic acids is 1. The van der Waals surface area contributed by atoms with Crippen LogP contribution >= 0.6 is 23.1 Å². The van der Waals surface area contributed by atoms with Gasteiger partial charge in [-0.05, 0) is 52.3 Å². The Morgan fingerprint density at radius 2 is 2.00 bits per heavy atom. The molecule has 0 radical (unpaired) electrons. The van der Waals surface area contributed by atoms with Crippen molar-refractivity contribution in [3.63, 3.8) is 0 Å². The second-order valence-corrected chi connectivity index (χ2v) is 6.28. The number of anilines is 1. The van der Waals surface area contributed by atoms with Crippen molar-refractivity contribution in [2.45, 2.75) is 0 Å². The average Bonchev–Trinajstić information content (AvgIpc) is 3.36. The molecular weight excluding hydrogens is 374 g/mol. The van der Waals surface area contributed by atoms with Crippen molar-refractivity contribution in [2.24, 2.45) is 0 Å². The number of rotatable bonds is 4. The van der Waals surface area contributed by atoms with E-state index in [0.29, 0.717) is 22.0 Å². The first kappa shape index (κ1) is 16.3. The fourth-order valence-corrected chi connectivity index (χ4v) is 3.01. The summed E-state index contributed by atoms with van der Waals surface area (Å²) in [7, 11) is 0. The molecule has 26 heavy (non-hydrogen) atoms. The lowest BCUT2D eigenvalue weighted by atomic mass is 10.1. The SMILES string of the molecule is O=C(Nc1ccc(-c2csnn2)cc1)c1cc(Cl)ccc1-n1cnnn1. The number of amides is 1. The molecule has 2 aromatic heterocycles. The van der Waals surface area contributed by atoms with E-state index in [-0.39, 0.29) is 5.91 Å². The highest BCUT2D eigenvalue weighted by Crippen LogP contribution is 2.23. The molecule has 0 spiro atoms. The summed E-state index contributed by atoms with van der Waals surface area (Å²) in [6.07, 6.45) is 1.41. The number of nitrogens with one attached hydrogen (secondary N) is 1. The maximum absolute atomic E-state index is 12.7. The summed E-state index contributed by atoms with van der Waals surface area (Å²) in [6.45, 7) is 0. The second kappa shape index (κ2) is 6.98. The lowest BCUT2D eigenvalue weighted by molar-refractivity contribution is 0.102. The fourth-order valence-electron chi connectivity index (χ4n) is 2.37. The van der Waals surface area contributed by atoms with E-state index in [1.807, 2.05) is 17.5 Å². The Kier molecular flexibility index (Phi) is 4.38. The van der Waals surface area contributed by atoms with Crippen molar-refractivity contribution in [3.8, 4) is 16.9 Å². The van der Waals surface area contributed by atoms with Gasteiger partial charge in [-0.3, -0.25) is 4.79 Å². The molecule has 0 aliphatic rings. The third-order valence-electron chi connectivity index (χ3n) is 3.60. The molecule has 4 aromatic rings. The van der Waals surface area contributed by atoms with Crippen LogP contribution in [0.1, 0.15) is 10.4 Å². The van der Waals surface area contributed by atoms with Crippen LogP contribution < -0.4 is 5.32 Å². The highest BCUT2D eigenvalue weighted by atomic mass is 35.5. The van der Waals surface area contributed by atoms with Crippen LogP contribution in [-0.4, -0.2) is 35.7 Å². The standard InChI is InChI=1S/C16H10ClN7OS/c17-11-3-6-15(24-9-18-21-22-24)13(7-11)16(25)19-12-4-1-10(2-5-12)14-8-26-23-20-14/h1-9H,(H,19,25). The minimum absolute atomic E-state index is 0.318. The summed E-state index contributed by atoms with van der Waals surface area (Å²) in [5.74, 6) is -0.318. The molecule has 8 nitrogen and oxygen atoms in total. The Morgan fingerprint density at radius 3 is 2.69 bits per heavy atom. The molecule has 0 unspecified atom stereocenters. The number of nitrogens with zero attached hydrogens (tertiary/aromatic N) is 6. The van der Waals surface area contributed by atoms with Gasteiger partial charge in [0.15, 0.2) is 0 Å². The van der Waals surface area contributed by atoms with Gasteiger partial charge in [0, 0.05) is 21.7 Å². The maximum atomic E-state index is 12.7. The zero-order valence-electron chi connectivity index (χ0n) is 13.1. The van der Waals surface area contributed by atoms with Crippen LogP contribution in [0.25, 0.3) is 16.9 Å². The van der Waals surface area contributed by atoms with Crippen LogP contribution in [0.4, 0.5) is 5.69 Å². The molecule has 0 bridgehead atoms. The minimum atomic E-state index is -0.318. The van der Waals surface area contributed by atoms with Crippen LogP contribution in [0.5, 0.6) is 0 Å². The third kappa shape index (κ3) is 3.30. The molecule has 10 heteroatoms. The van der Waals surface area contributed by atoms with Crippen molar-refractivity contribution >= 4 is 34.7 Å². The van der Waals surface area contributed by atoms with E-state index in [2.05, 4.69) is 30.4 Å². The topological polar surface area (TPSA) is 98.5 Å². The first-order valence-corrected chi connectivity index (χ1v) is 8.64. The van der Waals surface area contributed by atoms with E-state index >= 15 is 0 Å². The zero-order valence-corrected chi connectivity index (χ0v) is 14.6. The molecule has 0 aliphatic carbocycles. The number of halogens is 1. The molecule has 2 aromatic carbocycles. The summed E-state index contributed by atoms with van der Waals surface area (Å²) in [5, 5.41) is 20.2. The molecule has 0 fully saturated rings. The Morgan fingerprint density at radius 1 is 1.15 bits per heavy atom. The molecular formula is C16H10ClN7OS. The normalized spacial score (nSPS) is 10.7. The van der Waals surface area contributed by atoms with Crippen molar-refractivity contribution < 1.29 is 4.79 Å². The van der Waals surface area contributed by atoms with Crippen LogP contribution in [0.2, 0.25) is 5.02 Å². The first-order chi connectivity index (χ1) is 12.7. The lowest BCUT2D eigenvalue weighted by Gasteiger charge is -2.10. The Labute approximate surface area is 156 Å². The van der Waals surface area contributed by atoms with Gasteiger partial charge in [-0.25, -0.2) is 0 Å². The van der Waals surface area contributed by atoms with Gasteiger partial charge in [-0.15, -0.1) is 10.2 Å². The molecule has 1 N–H and O–H groups in total. The molecule has 0 saturated heterocycles. The summed E-state index contributed by atoms with van der Waals surface area (Å²) in [4.78, 5) is 12.7. The molecule has 4 rings (SSSR count). The molecule has 128 valence electrons. The lowest BCUT2D eigenvalue weighted by Crippen LogP contribution is -2.15. The Hall–Kier alpha value is -3.17. The second-order valence-electron chi connectivity index (χ2n) is 5.24. The number of tetrazole rings is 1. The van der Waals surface area contributed by atoms with Gasteiger partial charge in [0.1, 0.15) is 12.0 Å². The van der Waals surface area contributed by atoms with Gasteiger partial charge in [0.2, 0.25) is 0 Å². The molecule has 0 aliphatic heterocycles. The van der Waals surface area contributed by atoms with Gasteiger partial charge < -0.3 is 5.32 Å². The zero-order chi connectivity index (χ0) is 17.9. The van der Waals surface area contributed by atoms with Crippen LogP contribution in [0, 0.1) is 0 Å². The van der Waals surface area contributed by atoms with Crippen LogP contribution in [0.15, 0.2) is 54.2 Å². The van der Waals surface area contributed by atoms with Crippen LogP contribution in [0.3, 0.4) is 0 Å². The summed E-state index contributed by atoms with van der Waals surface area (Å²) >= 11 is 7.34. The predicted molar refractivity (Wildman–Crippen MR) is 97.5 cm³/mol. The minimum Gasteiger partial charge on any atom is -0.322 e. The highest BCUT2D eigenvalue weighted by molar-refractivity contribution is 7.03. The quantitative estimate of drug-likeness (QED) is 0.581. The number of benzene rings is 2. The molecule has 1 amide bonds. The van der Waals surface area contributed by atoms with Crippen molar-refractivity contribution in [2.75, 3.05) is 5.32 Å². The molecule has 0 saturated carbocycles. The van der Waals surface area contributed by atoms with E-state index in [1.54, 1.807) is 30.3 Å². The maximum Gasteiger partial charge on any atom is 0.257 e. The molecule has 0 atom stereocenters. The number of hydrogen-bond donors (Lipinski definition) is 1. The third-order valence-corrected chi connectivity index (χ3v) is 4.34. The average molecular weight is 384 g/mol. The summed E-state index contributed by atoms with van der Waals surface area (Å²) < 4.78 is 5.25. The monoisotopic (exact) mass is 383 g/mol. The Bertz CT molecular complexity index is 1030. The number of aromatic nitrogens is 6. The number of hydrogen-bond acceptors (Lipinski definition) is 7. The van der Waals surface area contributed by atoms with E-state index in [0.717, 1.165) is 11.3 Å². The van der Waals surface area contributed by atoms with E-state index in [1.165, 1.54) is 22.5 Å². The van der Waals surface area contributed by atoms with Crippen molar-refractivity contribution in [3.05, 3.63) is 64.8 Å². The van der Waals surface area contributed by atoms with E-state index in [9.17, 15) is 4.79 Å². The smallest absolute Gasteiger partial charge is 0.257 e. The van der Waals surface area contributed by atoms with Crippen molar-refractivity contribution in [1.29, 1.82) is 0 Å². The van der Waals surface area contributed by atoms with Gasteiger partial charge in [0.05, 0.1) is 11.3 Å². The summed E-state index contributed by atoms with van der Waals surface area (Å²) in [5.41, 5.74) is 3.25. The fraction of sp³-hybridized carbons (Fsp3) is 0. The predicted octanol–water partition coefficient (Wildman–Crippen LogP) is 3.09.